The number of aliphatic imine (C=N–C) groups is 2. The lowest BCUT2D eigenvalue weighted by Gasteiger charge is -2.40. The van der Waals surface area contributed by atoms with E-state index in [1.165, 1.54) is 16.0 Å². The van der Waals surface area contributed by atoms with Gasteiger partial charge in [-0.1, -0.05) is 48.0 Å². The zero-order chi connectivity index (χ0) is 25.8. The van der Waals surface area contributed by atoms with Gasteiger partial charge in [0, 0.05) is 16.1 Å². The minimum atomic E-state index is -0.0809. The molecular formula is C31H26N6S. The fourth-order valence-electron chi connectivity index (χ4n) is 5.24. The van der Waals surface area contributed by atoms with Crippen molar-refractivity contribution in [3.8, 4) is 5.69 Å². The predicted octanol–water partition coefficient (Wildman–Crippen LogP) is 7.65. The average molecular weight is 515 g/mol. The largest absolute Gasteiger partial charge is 0.337 e. The first-order chi connectivity index (χ1) is 18.6. The van der Waals surface area contributed by atoms with Crippen LogP contribution in [0.25, 0.3) is 5.69 Å². The molecule has 7 rings (SSSR count). The number of anilines is 2. The standard InChI is InChI=1S/C31H26N6S/c1-19-13-15-23(16-14-19)37-30-27(21(3)35-37)28(26-12-7-17-38-26)36-25-11-5-4-10-24(25)33-29(31(36)34-30)32-22-9-6-8-20(2)18-22/h4-18,28H,1-3H3,(H,32,33)/t28-/m1/s1. The summed E-state index contributed by atoms with van der Waals surface area (Å²) in [6.07, 6.45) is 0. The van der Waals surface area contributed by atoms with Crippen molar-refractivity contribution in [2.45, 2.75) is 26.8 Å². The second-order valence-electron chi connectivity index (χ2n) is 9.74. The van der Waals surface area contributed by atoms with E-state index in [9.17, 15) is 0 Å². The van der Waals surface area contributed by atoms with Gasteiger partial charge in [-0.25, -0.2) is 14.7 Å². The number of fused-ring (bicyclic) bond motifs is 4. The molecule has 7 heteroatoms. The first kappa shape index (κ1) is 22.7. The Morgan fingerprint density at radius 2 is 1.66 bits per heavy atom. The minimum Gasteiger partial charge on any atom is -0.337 e. The van der Waals surface area contributed by atoms with Crippen LogP contribution in [0.5, 0.6) is 0 Å². The number of hydrogen-bond acceptors (Lipinski definition) is 6. The van der Waals surface area contributed by atoms with E-state index in [0.717, 1.165) is 51.5 Å². The highest BCUT2D eigenvalue weighted by atomic mass is 32.1. The molecule has 0 amide bonds. The molecule has 0 unspecified atom stereocenters. The summed E-state index contributed by atoms with van der Waals surface area (Å²) in [7, 11) is 0. The van der Waals surface area contributed by atoms with Crippen molar-refractivity contribution in [2.75, 3.05) is 10.2 Å². The third-order valence-electron chi connectivity index (χ3n) is 7.01. The van der Waals surface area contributed by atoms with Gasteiger partial charge in [0.15, 0.2) is 17.5 Å². The van der Waals surface area contributed by atoms with Crippen LogP contribution >= 0.6 is 11.3 Å². The van der Waals surface area contributed by atoms with E-state index in [2.05, 4.69) is 115 Å². The summed E-state index contributed by atoms with van der Waals surface area (Å²) in [6, 6.07) is 29.3. The van der Waals surface area contributed by atoms with Crippen LogP contribution in [0.3, 0.4) is 0 Å². The summed E-state index contributed by atoms with van der Waals surface area (Å²) >= 11 is 1.75. The summed E-state index contributed by atoms with van der Waals surface area (Å²) in [4.78, 5) is 13.9. The fraction of sp³-hybridized carbons (Fsp3) is 0.129. The van der Waals surface area contributed by atoms with Crippen LogP contribution in [0.2, 0.25) is 0 Å². The Hall–Kier alpha value is -4.49. The van der Waals surface area contributed by atoms with E-state index in [1.807, 2.05) is 10.7 Å². The normalized spacial score (nSPS) is 15.8. The summed E-state index contributed by atoms with van der Waals surface area (Å²) in [5.74, 6) is 2.34. The molecule has 4 heterocycles. The number of para-hydroxylation sites is 2. The third-order valence-corrected chi connectivity index (χ3v) is 7.94. The predicted molar refractivity (Wildman–Crippen MR) is 157 cm³/mol. The Balaban J connectivity index is 1.49. The second kappa shape index (κ2) is 8.82. The zero-order valence-electron chi connectivity index (χ0n) is 21.4. The van der Waals surface area contributed by atoms with Gasteiger partial charge < -0.3 is 10.2 Å². The van der Waals surface area contributed by atoms with Crippen LogP contribution < -0.4 is 10.2 Å². The molecule has 0 spiro atoms. The van der Waals surface area contributed by atoms with Crippen molar-refractivity contribution in [3.63, 3.8) is 0 Å². The molecule has 0 saturated carbocycles. The van der Waals surface area contributed by atoms with Crippen LogP contribution in [0, 0.1) is 20.8 Å². The maximum absolute atomic E-state index is 5.30. The number of aromatic nitrogens is 2. The van der Waals surface area contributed by atoms with Gasteiger partial charge in [0.05, 0.1) is 22.8 Å². The zero-order valence-corrected chi connectivity index (χ0v) is 22.2. The Morgan fingerprint density at radius 3 is 2.45 bits per heavy atom. The highest BCUT2D eigenvalue weighted by Crippen LogP contribution is 2.49. The Morgan fingerprint density at radius 1 is 0.816 bits per heavy atom. The maximum Gasteiger partial charge on any atom is 0.179 e. The lowest BCUT2D eigenvalue weighted by atomic mass is 9.98. The van der Waals surface area contributed by atoms with E-state index in [0.29, 0.717) is 0 Å². The molecule has 0 aliphatic carbocycles. The minimum absolute atomic E-state index is 0.0809. The maximum atomic E-state index is 5.30. The summed E-state index contributed by atoms with van der Waals surface area (Å²) in [5, 5.41) is 10.7. The van der Waals surface area contributed by atoms with Crippen molar-refractivity contribution in [2.24, 2.45) is 9.98 Å². The highest BCUT2D eigenvalue weighted by molar-refractivity contribution is 7.10. The number of thiophene rings is 1. The number of aryl methyl sites for hydroxylation is 3. The highest BCUT2D eigenvalue weighted by Gasteiger charge is 2.41. The molecular weight excluding hydrogens is 488 g/mol. The second-order valence-corrected chi connectivity index (χ2v) is 10.7. The summed E-state index contributed by atoms with van der Waals surface area (Å²) in [5.41, 5.74) is 8.39. The Kier molecular flexibility index (Phi) is 5.26. The van der Waals surface area contributed by atoms with E-state index >= 15 is 0 Å². The molecule has 38 heavy (non-hydrogen) atoms. The lowest BCUT2D eigenvalue weighted by Crippen LogP contribution is -2.46. The van der Waals surface area contributed by atoms with Gasteiger partial charge in [-0.2, -0.15) is 5.10 Å². The number of amidine groups is 2. The summed E-state index contributed by atoms with van der Waals surface area (Å²) in [6.45, 7) is 6.27. The number of nitrogens with one attached hydrogen (secondary N) is 1. The van der Waals surface area contributed by atoms with Crippen LogP contribution in [0.15, 0.2) is 100 Å². The molecule has 2 aromatic heterocycles. The quantitative estimate of drug-likeness (QED) is 0.269. The molecule has 0 bridgehead atoms. The first-order valence-corrected chi connectivity index (χ1v) is 13.5. The molecule has 2 aliphatic heterocycles. The smallest absolute Gasteiger partial charge is 0.179 e. The topological polar surface area (TPSA) is 57.8 Å². The molecule has 0 radical (unpaired) electrons. The molecule has 1 N–H and O–H groups in total. The van der Waals surface area contributed by atoms with Crippen molar-refractivity contribution in [3.05, 3.63) is 118 Å². The molecule has 0 fully saturated rings. The van der Waals surface area contributed by atoms with Crippen molar-refractivity contribution < 1.29 is 0 Å². The number of hydrogen-bond donors (Lipinski definition) is 1. The molecule has 2 aliphatic rings. The summed E-state index contributed by atoms with van der Waals surface area (Å²) < 4.78 is 1.97. The van der Waals surface area contributed by atoms with Gasteiger partial charge in [0.25, 0.3) is 0 Å². The van der Waals surface area contributed by atoms with E-state index < -0.39 is 0 Å². The number of nitrogens with zero attached hydrogens (tertiary/aromatic N) is 5. The van der Waals surface area contributed by atoms with Crippen molar-refractivity contribution in [1.29, 1.82) is 0 Å². The van der Waals surface area contributed by atoms with E-state index in [4.69, 9.17) is 15.1 Å². The van der Waals surface area contributed by atoms with Crippen LogP contribution in [-0.4, -0.2) is 21.5 Å². The Labute approximate surface area is 225 Å². The molecule has 0 saturated heterocycles. The van der Waals surface area contributed by atoms with Gasteiger partial charge in [0.1, 0.15) is 6.04 Å². The van der Waals surface area contributed by atoms with Gasteiger partial charge in [-0.15, -0.1) is 11.3 Å². The SMILES string of the molecule is Cc1ccc(-n2nc(C)c3c2N=C2C(Nc4cccc(C)c4)=Nc4ccccc4N2[C@@H]3c2cccs2)cc1. The lowest BCUT2D eigenvalue weighted by molar-refractivity contribution is 0.830. The monoisotopic (exact) mass is 514 g/mol. The average Bonchev–Trinajstić information content (AvgIpc) is 3.57. The van der Waals surface area contributed by atoms with Crippen LogP contribution in [0.1, 0.15) is 33.3 Å². The molecule has 1 atom stereocenters. The Bertz CT molecular complexity index is 1730. The first-order valence-electron chi connectivity index (χ1n) is 12.7. The molecule has 5 aromatic rings. The van der Waals surface area contributed by atoms with Gasteiger partial charge in [0.2, 0.25) is 0 Å². The van der Waals surface area contributed by atoms with Crippen LogP contribution in [0.4, 0.5) is 22.9 Å². The van der Waals surface area contributed by atoms with Crippen molar-refractivity contribution in [1.82, 2.24) is 9.78 Å². The van der Waals surface area contributed by atoms with Gasteiger partial charge >= 0.3 is 0 Å². The van der Waals surface area contributed by atoms with Gasteiger partial charge in [-0.05, 0) is 74.2 Å². The molecule has 3 aromatic carbocycles. The fourth-order valence-corrected chi connectivity index (χ4v) is 6.06. The van der Waals surface area contributed by atoms with Crippen molar-refractivity contribution >= 4 is 45.9 Å². The van der Waals surface area contributed by atoms with E-state index in [-0.39, 0.29) is 6.04 Å². The van der Waals surface area contributed by atoms with Gasteiger partial charge in [-0.3, -0.25) is 0 Å². The van der Waals surface area contributed by atoms with E-state index in [1.54, 1.807) is 11.3 Å². The third kappa shape index (κ3) is 3.66. The molecule has 186 valence electrons. The number of rotatable bonds is 3. The molecule has 6 nitrogen and oxygen atoms in total. The number of benzene rings is 3. The van der Waals surface area contributed by atoms with Crippen LogP contribution in [-0.2, 0) is 0 Å².